The molecule has 1 aliphatic heterocycles. The Balaban J connectivity index is 1.86. The van der Waals surface area contributed by atoms with E-state index in [0.717, 1.165) is 5.56 Å². The SMILES string of the molecule is CC1(C)O[C@@H](COCc2ccccc2)[C@H](CS(=O)(=NC(=O)C(F)(F)F)c2cccc(Br)c2)O1. The van der Waals surface area contributed by atoms with Crippen molar-refractivity contribution < 1.29 is 36.4 Å². The van der Waals surface area contributed by atoms with E-state index in [2.05, 4.69) is 20.3 Å². The van der Waals surface area contributed by atoms with Crippen LogP contribution in [0.5, 0.6) is 0 Å². The second-order valence-electron chi connectivity index (χ2n) is 7.87. The maximum atomic E-state index is 13.7. The van der Waals surface area contributed by atoms with Crippen LogP contribution in [0.1, 0.15) is 19.4 Å². The van der Waals surface area contributed by atoms with Gasteiger partial charge in [-0.2, -0.15) is 13.2 Å². The second kappa shape index (κ2) is 10.2. The molecule has 3 rings (SSSR count). The number of alkyl halides is 3. The summed E-state index contributed by atoms with van der Waals surface area (Å²) in [5.74, 6) is -3.98. The Morgan fingerprint density at radius 3 is 2.42 bits per heavy atom. The molecule has 0 N–H and O–H groups in total. The molecule has 33 heavy (non-hydrogen) atoms. The van der Waals surface area contributed by atoms with Crippen LogP contribution in [0.2, 0.25) is 0 Å². The van der Waals surface area contributed by atoms with Gasteiger partial charge in [-0.15, -0.1) is 4.36 Å². The van der Waals surface area contributed by atoms with Crippen molar-refractivity contribution in [1.29, 1.82) is 0 Å². The van der Waals surface area contributed by atoms with E-state index in [1.807, 2.05) is 30.3 Å². The van der Waals surface area contributed by atoms with Crippen molar-refractivity contribution in [3.63, 3.8) is 0 Å². The largest absolute Gasteiger partial charge is 0.474 e. The minimum Gasteiger partial charge on any atom is -0.374 e. The molecule has 0 spiro atoms. The number of carbonyl (C=O) groups excluding carboxylic acids is 1. The molecule has 1 saturated heterocycles. The van der Waals surface area contributed by atoms with Crippen molar-refractivity contribution in [3.05, 3.63) is 64.6 Å². The van der Waals surface area contributed by atoms with E-state index in [1.54, 1.807) is 19.9 Å². The summed E-state index contributed by atoms with van der Waals surface area (Å²) < 4.78 is 73.6. The first kappa shape index (κ1) is 25.8. The van der Waals surface area contributed by atoms with Gasteiger partial charge in [0.25, 0.3) is 0 Å². The van der Waals surface area contributed by atoms with Gasteiger partial charge in [0.05, 0.1) is 28.7 Å². The zero-order chi connectivity index (χ0) is 24.3. The molecule has 180 valence electrons. The normalized spacial score (nSPS) is 22.0. The van der Waals surface area contributed by atoms with Crippen molar-refractivity contribution in [2.45, 2.75) is 49.5 Å². The van der Waals surface area contributed by atoms with E-state index in [4.69, 9.17) is 14.2 Å². The zero-order valence-electron chi connectivity index (χ0n) is 17.9. The van der Waals surface area contributed by atoms with Crippen LogP contribution in [0, 0.1) is 0 Å². The van der Waals surface area contributed by atoms with Gasteiger partial charge in [-0.25, -0.2) is 4.21 Å². The van der Waals surface area contributed by atoms with Crippen molar-refractivity contribution in [1.82, 2.24) is 0 Å². The monoisotopic (exact) mass is 549 g/mol. The Labute approximate surface area is 198 Å². The maximum absolute atomic E-state index is 13.7. The Kier molecular flexibility index (Phi) is 8.00. The first-order valence-corrected chi connectivity index (χ1v) is 12.4. The third-order valence-corrected chi connectivity index (χ3v) is 7.43. The average molecular weight is 550 g/mol. The van der Waals surface area contributed by atoms with Crippen LogP contribution in [0.25, 0.3) is 0 Å². The Morgan fingerprint density at radius 1 is 1.12 bits per heavy atom. The molecule has 0 aliphatic carbocycles. The number of amides is 1. The summed E-state index contributed by atoms with van der Waals surface area (Å²) in [6.45, 7) is 3.60. The van der Waals surface area contributed by atoms with Gasteiger partial charge in [-0.3, -0.25) is 4.79 Å². The van der Waals surface area contributed by atoms with Gasteiger partial charge in [-0.05, 0) is 37.6 Å². The molecular weight excluding hydrogens is 527 g/mol. The summed E-state index contributed by atoms with van der Waals surface area (Å²) in [5, 5.41) is 0. The van der Waals surface area contributed by atoms with Crippen LogP contribution in [-0.4, -0.2) is 46.6 Å². The molecule has 1 aliphatic rings. The van der Waals surface area contributed by atoms with E-state index >= 15 is 0 Å². The molecule has 3 atom stereocenters. The summed E-state index contributed by atoms with van der Waals surface area (Å²) in [6.07, 6.45) is -6.90. The molecule has 11 heteroatoms. The molecule has 0 saturated carbocycles. The quantitative estimate of drug-likeness (QED) is 0.480. The summed E-state index contributed by atoms with van der Waals surface area (Å²) in [7, 11) is -3.85. The summed E-state index contributed by atoms with van der Waals surface area (Å²) in [4.78, 5) is 11.6. The maximum Gasteiger partial charge on any atom is 0.474 e. The fraction of sp³-hybridized carbons (Fsp3) is 0.409. The lowest BCUT2D eigenvalue weighted by molar-refractivity contribution is -0.169. The number of nitrogens with zero attached hydrogens (tertiary/aromatic N) is 1. The lowest BCUT2D eigenvalue weighted by Crippen LogP contribution is -2.34. The summed E-state index contributed by atoms with van der Waals surface area (Å²) in [6, 6.07) is 15.2. The van der Waals surface area contributed by atoms with E-state index < -0.39 is 45.6 Å². The van der Waals surface area contributed by atoms with Gasteiger partial charge >= 0.3 is 12.1 Å². The fourth-order valence-electron chi connectivity index (χ4n) is 3.32. The van der Waals surface area contributed by atoms with Crippen molar-refractivity contribution in [3.8, 4) is 0 Å². The number of benzene rings is 2. The van der Waals surface area contributed by atoms with Crippen LogP contribution < -0.4 is 0 Å². The molecule has 0 bridgehead atoms. The van der Waals surface area contributed by atoms with Crippen LogP contribution in [0.4, 0.5) is 13.2 Å². The summed E-state index contributed by atoms with van der Waals surface area (Å²) >= 11 is 3.21. The standard InChI is InChI=1S/C22H23BrF3NO5S/c1-21(2)31-18(13-30-12-15-7-4-3-5-8-15)19(32-21)14-33(29,27-20(28)22(24,25)26)17-10-6-9-16(23)11-17/h3-11,18-19H,12-14H2,1-2H3/t18-,19-,33?/m0/s1. The van der Waals surface area contributed by atoms with E-state index in [0.29, 0.717) is 4.47 Å². The number of carbonyl (C=O) groups is 1. The first-order chi connectivity index (χ1) is 15.4. The smallest absolute Gasteiger partial charge is 0.374 e. The number of ether oxygens (including phenoxy) is 3. The lowest BCUT2D eigenvalue weighted by atomic mass is 10.2. The molecule has 1 amide bonds. The molecule has 0 radical (unpaired) electrons. The highest BCUT2D eigenvalue weighted by Crippen LogP contribution is 2.32. The zero-order valence-corrected chi connectivity index (χ0v) is 20.3. The molecule has 6 nitrogen and oxygen atoms in total. The van der Waals surface area contributed by atoms with E-state index in [1.165, 1.54) is 18.2 Å². The van der Waals surface area contributed by atoms with Crippen molar-refractivity contribution in [2.75, 3.05) is 12.4 Å². The van der Waals surface area contributed by atoms with Crippen molar-refractivity contribution in [2.24, 2.45) is 4.36 Å². The molecule has 2 aromatic carbocycles. The van der Waals surface area contributed by atoms with Gasteiger partial charge in [0.15, 0.2) is 5.79 Å². The third-order valence-electron chi connectivity index (χ3n) is 4.71. The first-order valence-electron chi connectivity index (χ1n) is 9.97. The molecular formula is C22H23BrF3NO5S. The predicted molar refractivity (Wildman–Crippen MR) is 119 cm³/mol. The summed E-state index contributed by atoms with van der Waals surface area (Å²) in [5.41, 5.74) is 0.927. The molecule has 2 aromatic rings. The van der Waals surface area contributed by atoms with Crippen LogP contribution in [0.3, 0.4) is 0 Å². The van der Waals surface area contributed by atoms with Crippen LogP contribution in [-0.2, 0) is 35.3 Å². The van der Waals surface area contributed by atoms with Crippen LogP contribution >= 0.6 is 15.9 Å². The van der Waals surface area contributed by atoms with E-state index in [9.17, 15) is 22.2 Å². The van der Waals surface area contributed by atoms with Crippen molar-refractivity contribution >= 4 is 31.6 Å². The average Bonchev–Trinajstić information content (AvgIpc) is 3.01. The number of rotatable bonds is 7. The predicted octanol–water partition coefficient (Wildman–Crippen LogP) is 5.10. The number of halogens is 4. The van der Waals surface area contributed by atoms with Gasteiger partial charge in [0, 0.05) is 9.37 Å². The van der Waals surface area contributed by atoms with E-state index in [-0.39, 0.29) is 18.1 Å². The highest BCUT2D eigenvalue weighted by molar-refractivity contribution is 9.10. The minimum absolute atomic E-state index is 0.0215. The van der Waals surface area contributed by atoms with Gasteiger partial charge < -0.3 is 14.2 Å². The Morgan fingerprint density at radius 2 is 1.79 bits per heavy atom. The third kappa shape index (κ3) is 7.10. The lowest BCUT2D eigenvalue weighted by Gasteiger charge is -2.20. The topological polar surface area (TPSA) is 74.2 Å². The minimum atomic E-state index is -5.25. The molecule has 1 fully saturated rings. The highest BCUT2D eigenvalue weighted by atomic mass is 79.9. The second-order valence-corrected chi connectivity index (χ2v) is 11.1. The molecule has 1 unspecified atom stereocenters. The Hall–Kier alpha value is -1.79. The Bertz CT molecular complexity index is 1100. The van der Waals surface area contributed by atoms with Gasteiger partial charge in [0.1, 0.15) is 12.2 Å². The molecule has 0 aromatic heterocycles. The van der Waals surface area contributed by atoms with Gasteiger partial charge in [-0.1, -0.05) is 52.3 Å². The van der Waals surface area contributed by atoms with Crippen LogP contribution in [0.15, 0.2) is 68.3 Å². The molecule has 1 heterocycles. The highest BCUT2D eigenvalue weighted by Gasteiger charge is 2.45. The number of hydrogen-bond donors (Lipinski definition) is 0. The number of hydrogen-bond acceptors (Lipinski definition) is 5. The fourth-order valence-corrected chi connectivity index (χ4v) is 5.94. The van der Waals surface area contributed by atoms with Gasteiger partial charge in [0.2, 0.25) is 0 Å².